The number of furan rings is 1. The first-order chi connectivity index (χ1) is 15.7. The standard InChI is InChI=1S/C28H17BrN2O/c29-21-10-6-9-19(15-21)24-17-25(31-28(30-24)18-7-2-1-3-8-18)20-13-14-23-22-11-4-5-12-26(22)32-27(23)16-20/h1-17H. The van der Waals surface area contributed by atoms with E-state index < -0.39 is 0 Å². The molecule has 0 aliphatic carbocycles. The second kappa shape index (κ2) is 7.74. The van der Waals surface area contributed by atoms with Crippen LogP contribution in [-0.4, -0.2) is 9.97 Å². The summed E-state index contributed by atoms with van der Waals surface area (Å²) in [5, 5.41) is 2.23. The average molecular weight is 477 g/mol. The van der Waals surface area contributed by atoms with Gasteiger partial charge in [0.1, 0.15) is 11.2 Å². The van der Waals surface area contributed by atoms with Crippen LogP contribution in [0, 0.1) is 0 Å². The fourth-order valence-electron chi connectivity index (χ4n) is 3.99. The fourth-order valence-corrected chi connectivity index (χ4v) is 4.39. The van der Waals surface area contributed by atoms with Gasteiger partial charge in [-0.15, -0.1) is 0 Å². The third kappa shape index (κ3) is 3.39. The molecule has 6 aromatic rings. The van der Waals surface area contributed by atoms with Crippen LogP contribution in [0.1, 0.15) is 0 Å². The highest BCUT2D eigenvalue weighted by Gasteiger charge is 2.13. The Morgan fingerprint density at radius 1 is 0.531 bits per heavy atom. The molecule has 0 saturated carbocycles. The van der Waals surface area contributed by atoms with Gasteiger partial charge in [0.05, 0.1) is 11.4 Å². The molecule has 0 spiro atoms. The monoisotopic (exact) mass is 476 g/mol. The zero-order chi connectivity index (χ0) is 21.5. The number of nitrogens with zero attached hydrogens (tertiary/aromatic N) is 2. The number of benzene rings is 4. The third-order valence-corrected chi connectivity index (χ3v) is 6.05. The minimum absolute atomic E-state index is 0.697. The van der Waals surface area contributed by atoms with Crippen molar-refractivity contribution in [1.29, 1.82) is 0 Å². The fraction of sp³-hybridized carbons (Fsp3) is 0. The number of fused-ring (bicyclic) bond motifs is 3. The topological polar surface area (TPSA) is 38.9 Å². The van der Waals surface area contributed by atoms with E-state index in [0.29, 0.717) is 5.82 Å². The lowest BCUT2D eigenvalue weighted by Gasteiger charge is -2.09. The van der Waals surface area contributed by atoms with E-state index in [4.69, 9.17) is 14.4 Å². The van der Waals surface area contributed by atoms with E-state index in [0.717, 1.165) is 54.5 Å². The highest BCUT2D eigenvalue weighted by Crippen LogP contribution is 2.33. The minimum atomic E-state index is 0.697. The summed E-state index contributed by atoms with van der Waals surface area (Å²) in [6.07, 6.45) is 0. The molecule has 0 bridgehead atoms. The Balaban J connectivity index is 1.56. The number of hydrogen-bond donors (Lipinski definition) is 0. The van der Waals surface area contributed by atoms with Gasteiger partial charge < -0.3 is 4.42 Å². The molecule has 2 aromatic heterocycles. The predicted molar refractivity (Wildman–Crippen MR) is 133 cm³/mol. The van der Waals surface area contributed by atoms with Crippen molar-refractivity contribution in [1.82, 2.24) is 9.97 Å². The number of hydrogen-bond acceptors (Lipinski definition) is 3. The molecular formula is C28H17BrN2O. The van der Waals surface area contributed by atoms with Crippen LogP contribution in [0.5, 0.6) is 0 Å². The molecule has 0 amide bonds. The van der Waals surface area contributed by atoms with Gasteiger partial charge in [-0.1, -0.05) is 82.7 Å². The van der Waals surface area contributed by atoms with E-state index in [9.17, 15) is 0 Å². The molecule has 0 aliphatic rings. The molecule has 0 atom stereocenters. The Hall–Kier alpha value is -3.76. The van der Waals surface area contributed by atoms with Crippen molar-refractivity contribution in [2.24, 2.45) is 0 Å². The average Bonchev–Trinajstić information content (AvgIpc) is 3.22. The van der Waals surface area contributed by atoms with Gasteiger partial charge in [-0.05, 0) is 36.4 Å². The highest BCUT2D eigenvalue weighted by atomic mass is 79.9. The van der Waals surface area contributed by atoms with Gasteiger partial charge in [-0.3, -0.25) is 0 Å². The van der Waals surface area contributed by atoms with Crippen LogP contribution in [0.4, 0.5) is 0 Å². The number of rotatable bonds is 3. The molecule has 0 fully saturated rings. The van der Waals surface area contributed by atoms with Crippen LogP contribution in [0.2, 0.25) is 0 Å². The molecule has 2 heterocycles. The molecule has 32 heavy (non-hydrogen) atoms. The Labute approximate surface area is 193 Å². The van der Waals surface area contributed by atoms with Gasteiger partial charge in [0.2, 0.25) is 0 Å². The van der Waals surface area contributed by atoms with Crippen molar-refractivity contribution in [3.05, 3.63) is 108 Å². The molecule has 152 valence electrons. The summed E-state index contributed by atoms with van der Waals surface area (Å²) < 4.78 is 7.12. The summed E-state index contributed by atoms with van der Waals surface area (Å²) in [5.74, 6) is 0.697. The maximum atomic E-state index is 6.11. The Morgan fingerprint density at radius 2 is 1.22 bits per heavy atom. The summed E-state index contributed by atoms with van der Waals surface area (Å²) in [7, 11) is 0. The Kier molecular flexibility index (Phi) is 4.58. The van der Waals surface area contributed by atoms with E-state index in [1.54, 1.807) is 0 Å². The maximum Gasteiger partial charge on any atom is 0.160 e. The third-order valence-electron chi connectivity index (χ3n) is 5.55. The predicted octanol–water partition coefficient (Wildman–Crippen LogP) is 8.14. The zero-order valence-corrected chi connectivity index (χ0v) is 18.6. The summed E-state index contributed by atoms with van der Waals surface area (Å²) >= 11 is 3.57. The summed E-state index contributed by atoms with van der Waals surface area (Å²) in [5.41, 5.74) is 6.48. The van der Waals surface area contributed by atoms with Crippen molar-refractivity contribution in [2.45, 2.75) is 0 Å². The summed E-state index contributed by atoms with van der Waals surface area (Å²) in [4.78, 5) is 9.80. The molecule has 0 radical (unpaired) electrons. The number of para-hydroxylation sites is 1. The quantitative estimate of drug-likeness (QED) is 0.258. The van der Waals surface area contributed by atoms with Gasteiger partial charge in [0.15, 0.2) is 5.82 Å². The first-order valence-electron chi connectivity index (χ1n) is 10.4. The van der Waals surface area contributed by atoms with Gasteiger partial charge in [0, 0.05) is 31.9 Å². The van der Waals surface area contributed by atoms with E-state index in [1.807, 2.05) is 66.7 Å². The normalized spacial score (nSPS) is 11.3. The first-order valence-corrected chi connectivity index (χ1v) is 11.2. The Morgan fingerprint density at radius 3 is 2.03 bits per heavy atom. The van der Waals surface area contributed by atoms with Crippen molar-refractivity contribution in [2.75, 3.05) is 0 Å². The van der Waals surface area contributed by atoms with E-state index >= 15 is 0 Å². The number of aromatic nitrogens is 2. The molecule has 0 unspecified atom stereocenters. The summed E-state index contributed by atoms with van der Waals surface area (Å²) in [6, 6.07) is 34.7. The molecule has 0 N–H and O–H groups in total. The first kappa shape index (κ1) is 19.0. The second-order valence-electron chi connectivity index (χ2n) is 7.65. The Bertz CT molecular complexity index is 1590. The second-order valence-corrected chi connectivity index (χ2v) is 8.56. The molecule has 0 aliphatic heterocycles. The van der Waals surface area contributed by atoms with Crippen molar-refractivity contribution in [3.63, 3.8) is 0 Å². The molecule has 4 heteroatoms. The highest BCUT2D eigenvalue weighted by molar-refractivity contribution is 9.10. The van der Waals surface area contributed by atoms with Crippen LogP contribution in [0.15, 0.2) is 112 Å². The van der Waals surface area contributed by atoms with Crippen molar-refractivity contribution >= 4 is 37.9 Å². The minimum Gasteiger partial charge on any atom is -0.456 e. The lowest BCUT2D eigenvalue weighted by Crippen LogP contribution is -1.95. The van der Waals surface area contributed by atoms with E-state index in [1.165, 1.54) is 0 Å². The molecule has 0 saturated heterocycles. The smallest absolute Gasteiger partial charge is 0.160 e. The lowest BCUT2D eigenvalue weighted by molar-refractivity contribution is 0.669. The van der Waals surface area contributed by atoms with Crippen LogP contribution in [0.25, 0.3) is 55.8 Å². The molecule has 4 aromatic carbocycles. The molecule has 6 rings (SSSR count). The lowest BCUT2D eigenvalue weighted by atomic mass is 10.0. The van der Waals surface area contributed by atoms with Crippen molar-refractivity contribution < 1.29 is 4.42 Å². The van der Waals surface area contributed by atoms with E-state index in [-0.39, 0.29) is 0 Å². The SMILES string of the molecule is Brc1cccc(-c2cc(-c3ccc4c(c3)oc3ccccc34)nc(-c3ccccc3)n2)c1. The molecule has 3 nitrogen and oxygen atoms in total. The van der Waals surface area contributed by atoms with Gasteiger partial charge >= 0.3 is 0 Å². The van der Waals surface area contributed by atoms with Crippen molar-refractivity contribution in [3.8, 4) is 33.9 Å². The van der Waals surface area contributed by atoms with Gasteiger partial charge in [-0.2, -0.15) is 0 Å². The summed E-state index contributed by atoms with van der Waals surface area (Å²) in [6.45, 7) is 0. The zero-order valence-electron chi connectivity index (χ0n) is 17.0. The molecular weight excluding hydrogens is 460 g/mol. The van der Waals surface area contributed by atoms with E-state index in [2.05, 4.69) is 52.3 Å². The van der Waals surface area contributed by atoms with Crippen LogP contribution < -0.4 is 0 Å². The largest absolute Gasteiger partial charge is 0.456 e. The maximum absolute atomic E-state index is 6.11. The van der Waals surface area contributed by atoms with Crippen LogP contribution >= 0.6 is 15.9 Å². The number of halogens is 1. The van der Waals surface area contributed by atoms with Gasteiger partial charge in [-0.25, -0.2) is 9.97 Å². The van der Waals surface area contributed by atoms with Gasteiger partial charge in [0.25, 0.3) is 0 Å². The van der Waals surface area contributed by atoms with Crippen LogP contribution in [-0.2, 0) is 0 Å². The van der Waals surface area contributed by atoms with Crippen LogP contribution in [0.3, 0.4) is 0 Å².